The van der Waals surface area contributed by atoms with Crippen LogP contribution in [0, 0.1) is 5.92 Å². The van der Waals surface area contributed by atoms with E-state index in [-0.39, 0.29) is 17.9 Å². The summed E-state index contributed by atoms with van der Waals surface area (Å²) in [5.41, 5.74) is 1.90. The Morgan fingerprint density at radius 3 is 2.86 bits per heavy atom. The fraction of sp³-hybridized carbons (Fsp3) is 0.733. The van der Waals surface area contributed by atoms with E-state index in [4.69, 9.17) is 4.74 Å². The summed E-state index contributed by atoms with van der Waals surface area (Å²) in [5, 5.41) is 7.74. The van der Waals surface area contributed by atoms with E-state index in [9.17, 15) is 4.79 Å². The highest BCUT2D eigenvalue weighted by Gasteiger charge is 2.43. The summed E-state index contributed by atoms with van der Waals surface area (Å²) in [6.45, 7) is 6.34. The quantitative estimate of drug-likeness (QED) is 0.915. The second kappa shape index (κ2) is 5.67. The van der Waals surface area contributed by atoms with E-state index in [1.165, 1.54) is 0 Å². The summed E-state index contributed by atoms with van der Waals surface area (Å²) < 4.78 is 7.48. The van der Waals surface area contributed by atoms with Gasteiger partial charge in [-0.25, -0.2) is 0 Å². The molecular formula is C15H24N4O2. The van der Waals surface area contributed by atoms with Gasteiger partial charge < -0.3 is 15.0 Å². The van der Waals surface area contributed by atoms with Gasteiger partial charge in [-0.05, 0) is 12.8 Å². The largest absolute Gasteiger partial charge is 0.378 e. The summed E-state index contributed by atoms with van der Waals surface area (Å²) in [7, 11) is 1.96. The molecule has 1 amide bonds. The van der Waals surface area contributed by atoms with Gasteiger partial charge in [0, 0.05) is 13.6 Å². The SMILES string of the molecule is CCCc1nn(C)c2c1NC(=O)C1COCC1N2CCC. The van der Waals surface area contributed by atoms with Gasteiger partial charge in [-0.2, -0.15) is 5.10 Å². The van der Waals surface area contributed by atoms with Gasteiger partial charge in [0.25, 0.3) is 0 Å². The molecule has 116 valence electrons. The molecular weight excluding hydrogens is 268 g/mol. The number of nitrogens with one attached hydrogen (secondary N) is 1. The molecule has 1 aromatic heterocycles. The van der Waals surface area contributed by atoms with Crippen molar-refractivity contribution in [1.29, 1.82) is 0 Å². The molecule has 2 aliphatic heterocycles. The molecule has 0 spiro atoms. The Morgan fingerprint density at radius 2 is 2.14 bits per heavy atom. The molecule has 6 nitrogen and oxygen atoms in total. The van der Waals surface area contributed by atoms with Gasteiger partial charge in [0.1, 0.15) is 5.69 Å². The lowest BCUT2D eigenvalue weighted by Crippen LogP contribution is -2.43. The molecule has 0 saturated carbocycles. The molecule has 0 bridgehead atoms. The highest BCUT2D eigenvalue weighted by Crippen LogP contribution is 2.38. The summed E-state index contributed by atoms with van der Waals surface area (Å²) >= 11 is 0. The van der Waals surface area contributed by atoms with E-state index in [1.807, 2.05) is 11.7 Å². The minimum atomic E-state index is -0.0848. The Bertz CT molecular complexity index is 540. The van der Waals surface area contributed by atoms with Crippen LogP contribution in [0.1, 0.15) is 32.4 Å². The number of amides is 1. The topological polar surface area (TPSA) is 59.4 Å². The lowest BCUT2D eigenvalue weighted by atomic mass is 10.0. The van der Waals surface area contributed by atoms with E-state index in [1.54, 1.807) is 0 Å². The second-order valence-electron chi connectivity index (χ2n) is 5.91. The van der Waals surface area contributed by atoms with Crippen molar-refractivity contribution in [3.05, 3.63) is 5.69 Å². The van der Waals surface area contributed by atoms with E-state index >= 15 is 0 Å². The number of aryl methyl sites for hydroxylation is 2. The first-order valence-electron chi connectivity index (χ1n) is 7.88. The number of ether oxygens (including phenoxy) is 1. The van der Waals surface area contributed by atoms with Gasteiger partial charge >= 0.3 is 0 Å². The van der Waals surface area contributed by atoms with Crippen molar-refractivity contribution in [1.82, 2.24) is 9.78 Å². The van der Waals surface area contributed by atoms with Crippen LogP contribution < -0.4 is 10.2 Å². The van der Waals surface area contributed by atoms with Crippen molar-refractivity contribution in [2.45, 2.75) is 39.2 Å². The Hall–Kier alpha value is -1.56. The highest BCUT2D eigenvalue weighted by atomic mass is 16.5. The molecule has 3 heterocycles. The lowest BCUT2D eigenvalue weighted by molar-refractivity contribution is -0.120. The molecule has 6 heteroatoms. The van der Waals surface area contributed by atoms with Gasteiger partial charge in [0.05, 0.1) is 30.9 Å². The zero-order valence-corrected chi connectivity index (χ0v) is 13.1. The minimum absolute atomic E-state index is 0.0720. The smallest absolute Gasteiger partial charge is 0.232 e. The molecule has 1 saturated heterocycles. The van der Waals surface area contributed by atoms with Crippen molar-refractivity contribution >= 4 is 17.4 Å². The van der Waals surface area contributed by atoms with Crippen LogP contribution in [0.5, 0.6) is 0 Å². The molecule has 1 fully saturated rings. The third-order valence-electron chi connectivity index (χ3n) is 4.35. The van der Waals surface area contributed by atoms with Crippen LogP contribution in [0.15, 0.2) is 0 Å². The molecule has 3 rings (SSSR count). The lowest BCUT2D eigenvalue weighted by Gasteiger charge is -2.30. The molecule has 0 aromatic carbocycles. The fourth-order valence-corrected chi connectivity index (χ4v) is 3.42. The average molecular weight is 292 g/mol. The van der Waals surface area contributed by atoms with E-state index < -0.39 is 0 Å². The van der Waals surface area contributed by atoms with Crippen LogP contribution in [0.2, 0.25) is 0 Å². The number of nitrogens with zero attached hydrogens (tertiary/aromatic N) is 3. The summed E-state index contributed by atoms with van der Waals surface area (Å²) in [5.74, 6) is 1.02. The first-order chi connectivity index (χ1) is 10.2. The Balaban J connectivity index is 2.08. The first-order valence-corrected chi connectivity index (χ1v) is 7.88. The van der Waals surface area contributed by atoms with Gasteiger partial charge in [0.2, 0.25) is 5.91 Å². The molecule has 0 radical (unpaired) electrons. The van der Waals surface area contributed by atoms with Crippen LogP contribution in [0.3, 0.4) is 0 Å². The van der Waals surface area contributed by atoms with Crippen LogP contribution >= 0.6 is 0 Å². The van der Waals surface area contributed by atoms with Crippen molar-refractivity contribution in [2.24, 2.45) is 13.0 Å². The minimum Gasteiger partial charge on any atom is -0.378 e. The third kappa shape index (κ3) is 2.31. The van der Waals surface area contributed by atoms with E-state index in [0.717, 1.165) is 43.0 Å². The summed E-state index contributed by atoms with van der Waals surface area (Å²) in [6, 6.07) is 0.121. The fourth-order valence-electron chi connectivity index (χ4n) is 3.42. The zero-order valence-electron chi connectivity index (χ0n) is 13.1. The number of carbonyl (C=O) groups excluding carboxylic acids is 1. The number of anilines is 2. The van der Waals surface area contributed by atoms with E-state index in [2.05, 4.69) is 29.2 Å². The maximum absolute atomic E-state index is 12.5. The molecule has 2 aliphatic rings. The standard InChI is InChI=1S/C15H24N4O2/c1-4-6-11-13-15(18(3)17-11)19(7-5-2)12-9-21-8-10(12)14(20)16-13/h10,12H,4-9H2,1-3H3,(H,16,20). The highest BCUT2D eigenvalue weighted by molar-refractivity contribution is 5.98. The van der Waals surface area contributed by atoms with Crippen LogP contribution in [-0.4, -0.2) is 41.5 Å². The number of rotatable bonds is 4. The number of carbonyl (C=O) groups is 1. The van der Waals surface area contributed by atoms with Crippen LogP contribution in [0.25, 0.3) is 0 Å². The molecule has 1 N–H and O–H groups in total. The van der Waals surface area contributed by atoms with Gasteiger partial charge in [-0.3, -0.25) is 9.48 Å². The summed E-state index contributed by atoms with van der Waals surface area (Å²) in [6.07, 6.45) is 2.93. The van der Waals surface area contributed by atoms with Crippen LogP contribution in [-0.2, 0) is 23.0 Å². The van der Waals surface area contributed by atoms with Crippen molar-refractivity contribution < 1.29 is 9.53 Å². The Morgan fingerprint density at radius 1 is 1.33 bits per heavy atom. The number of aromatic nitrogens is 2. The number of hydrogen-bond acceptors (Lipinski definition) is 4. The van der Waals surface area contributed by atoms with Crippen molar-refractivity contribution in [3.8, 4) is 0 Å². The Labute approximate surface area is 125 Å². The van der Waals surface area contributed by atoms with Gasteiger partial charge in [-0.1, -0.05) is 20.3 Å². The predicted octanol–water partition coefficient (Wildman–Crippen LogP) is 1.56. The molecule has 2 atom stereocenters. The second-order valence-corrected chi connectivity index (χ2v) is 5.91. The van der Waals surface area contributed by atoms with Gasteiger partial charge in [0.15, 0.2) is 5.82 Å². The maximum atomic E-state index is 12.5. The number of hydrogen-bond donors (Lipinski definition) is 1. The van der Waals surface area contributed by atoms with Crippen LogP contribution in [0.4, 0.5) is 11.5 Å². The maximum Gasteiger partial charge on any atom is 0.232 e. The molecule has 2 unspecified atom stereocenters. The van der Waals surface area contributed by atoms with E-state index in [0.29, 0.717) is 13.2 Å². The third-order valence-corrected chi connectivity index (χ3v) is 4.35. The molecule has 1 aromatic rings. The van der Waals surface area contributed by atoms with Crippen molar-refractivity contribution in [3.63, 3.8) is 0 Å². The number of fused-ring (bicyclic) bond motifs is 2. The predicted molar refractivity (Wildman–Crippen MR) is 81.6 cm³/mol. The van der Waals surface area contributed by atoms with Crippen molar-refractivity contribution in [2.75, 3.05) is 30.0 Å². The summed E-state index contributed by atoms with van der Waals surface area (Å²) in [4.78, 5) is 14.8. The van der Waals surface area contributed by atoms with Gasteiger partial charge in [-0.15, -0.1) is 0 Å². The zero-order chi connectivity index (χ0) is 15.0. The molecule has 21 heavy (non-hydrogen) atoms. The molecule has 0 aliphatic carbocycles. The monoisotopic (exact) mass is 292 g/mol. The normalized spacial score (nSPS) is 24.5. The average Bonchev–Trinajstić information content (AvgIpc) is 3.01. The first kappa shape index (κ1) is 14.4. The Kier molecular flexibility index (Phi) is 3.89.